The van der Waals surface area contributed by atoms with Crippen LogP contribution in [0.4, 0.5) is 5.82 Å². The number of aliphatic hydroxyl groups excluding tert-OH is 1. The van der Waals surface area contributed by atoms with Gasteiger partial charge in [-0.25, -0.2) is 4.98 Å². The Labute approximate surface area is 111 Å². The normalized spacial score (nSPS) is 11.3. The summed E-state index contributed by atoms with van der Waals surface area (Å²) in [5.41, 5.74) is 1.91. The van der Waals surface area contributed by atoms with Gasteiger partial charge in [0, 0.05) is 18.8 Å². The molecular formula is C15H26N2O. The number of nitrogens with zero attached hydrogens (tertiary/aromatic N) is 2. The number of pyridine rings is 1. The third-order valence-corrected chi connectivity index (χ3v) is 2.68. The molecule has 0 radical (unpaired) electrons. The number of hydrogen-bond acceptors (Lipinski definition) is 3. The summed E-state index contributed by atoms with van der Waals surface area (Å²) >= 11 is 0. The van der Waals surface area contributed by atoms with Crippen LogP contribution in [0.5, 0.6) is 0 Å². The number of aromatic nitrogens is 1. The minimum Gasteiger partial charge on any atom is -0.392 e. The molecule has 0 saturated heterocycles. The lowest BCUT2D eigenvalue weighted by atomic mass is 10.1. The number of aliphatic hydroxyl groups is 1. The first kappa shape index (κ1) is 15.0. The Morgan fingerprint density at radius 1 is 1.11 bits per heavy atom. The van der Waals surface area contributed by atoms with Crippen molar-refractivity contribution in [3.63, 3.8) is 0 Å². The van der Waals surface area contributed by atoms with E-state index in [0.29, 0.717) is 11.8 Å². The largest absolute Gasteiger partial charge is 0.392 e. The summed E-state index contributed by atoms with van der Waals surface area (Å²) in [5, 5.41) is 9.29. The molecule has 3 heteroatoms. The Bertz CT molecular complexity index is 365. The summed E-state index contributed by atoms with van der Waals surface area (Å²) in [7, 11) is 0. The third kappa shape index (κ3) is 4.65. The van der Waals surface area contributed by atoms with Crippen LogP contribution in [-0.2, 0) is 6.61 Å². The first-order valence-corrected chi connectivity index (χ1v) is 6.75. The van der Waals surface area contributed by atoms with Gasteiger partial charge in [-0.05, 0) is 36.5 Å². The van der Waals surface area contributed by atoms with Gasteiger partial charge >= 0.3 is 0 Å². The Kier molecular flexibility index (Phi) is 5.60. The fourth-order valence-corrected chi connectivity index (χ4v) is 2.12. The average molecular weight is 250 g/mol. The molecule has 1 N–H and O–H groups in total. The topological polar surface area (TPSA) is 36.4 Å². The van der Waals surface area contributed by atoms with Crippen LogP contribution in [0, 0.1) is 18.8 Å². The fraction of sp³-hybridized carbons (Fsp3) is 0.667. The number of hydrogen-bond donors (Lipinski definition) is 1. The third-order valence-electron chi connectivity index (χ3n) is 2.68. The van der Waals surface area contributed by atoms with Gasteiger partial charge in [-0.15, -0.1) is 0 Å². The van der Waals surface area contributed by atoms with Gasteiger partial charge in [0.05, 0.1) is 6.61 Å². The van der Waals surface area contributed by atoms with Crippen molar-refractivity contribution in [1.82, 2.24) is 4.98 Å². The minimum absolute atomic E-state index is 0.0769. The second kappa shape index (κ2) is 6.74. The minimum atomic E-state index is 0.0769. The second-order valence-electron chi connectivity index (χ2n) is 5.83. The summed E-state index contributed by atoms with van der Waals surface area (Å²) in [6, 6.07) is 3.93. The van der Waals surface area contributed by atoms with Crippen molar-refractivity contribution in [3.05, 3.63) is 23.4 Å². The molecule has 1 rings (SSSR count). The maximum Gasteiger partial charge on any atom is 0.129 e. The molecule has 0 aliphatic carbocycles. The van der Waals surface area contributed by atoms with Crippen molar-refractivity contribution in [3.8, 4) is 0 Å². The van der Waals surface area contributed by atoms with Crippen LogP contribution in [0.1, 0.15) is 39.0 Å². The molecule has 0 unspecified atom stereocenters. The van der Waals surface area contributed by atoms with Crippen molar-refractivity contribution >= 4 is 5.82 Å². The maximum absolute atomic E-state index is 9.29. The molecule has 1 heterocycles. The summed E-state index contributed by atoms with van der Waals surface area (Å²) in [5.74, 6) is 2.19. The van der Waals surface area contributed by atoms with Crippen molar-refractivity contribution in [2.45, 2.75) is 41.2 Å². The van der Waals surface area contributed by atoms with E-state index in [4.69, 9.17) is 0 Å². The number of rotatable bonds is 6. The van der Waals surface area contributed by atoms with Crippen molar-refractivity contribution in [1.29, 1.82) is 0 Å². The molecule has 0 fully saturated rings. The summed E-state index contributed by atoms with van der Waals surface area (Å²) in [6.07, 6.45) is 0. The van der Waals surface area contributed by atoms with E-state index in [-0.39, 0.29) is 6.61 Å². The quantitative estimate of drug-likeness (QED) is 0.843. The van der Waals surface area contributed by atoms with Crippen LogP contribution in [0.15, 0.2) is 12.1 Å². The lowest BCUT2D eigenvalue weighted by Crippen LogP contribution is -2.32. The Morgan fingerprint density at radius 2 is 1.67 bits per heavy atom. The molecule has 0 aromatic carbocycles. The predicted molar refractivity (Wildman–Crippen MR) is 76.8 cm³/mol. The highest BCUT2D eigenvalue weighted by Gasteiger charge is 2.12. The summed E-state index contributed by atoms with van der Waals surface area (Å²) in [6.45, 7) is 12.9. The molecule has 0 saturated carbocycles. The molecule has 0 aliphatic heterocycles. The Morgan fingerprint density at radius 3 is 2.11 bits per heavy atom. The van der Waals surface area contributed by atoms with E-state index in [0.717, 1.165) is 30.2 Å². The van der Waals surface area contributed by atoms with Crippen molar-refractivity contribution < 1.29 is 5.11 Å². The number of anilines is 1. The smallest absolute Gasteiger partial charge is 0.129 e. The van der Waals surface area contributed by atoms with E-state index < -0.39 is 0 Å². The Hall–Kier alpha value is -1.09. The lowest BCUT2D eigenvalue weighted by Gasteiger charge is -2.28. The first-order valence-electron chi connectivity index (χ1n) is 6.75. The van der Waals surface area contributed by atoms with Gasteiger partial charge in [0.25, 0.3) is 0 Å². The molecule has 1 aromatic rings. The lowest BCUT2D eigenvalue weighted by molar-refractivity contribution is 0.281. The maximum atomic E-state index is 9.29. The molecule has 0 amide bonds. The zero-order valence-electron chi connectivity index (χ0n) is 12.3. The van der Waals surface area contributed by atoms with Gasteiger partial charge < -0.3 is 10.0 Å². The van der Waals surface area contributed by atoms with Crippen molar-refractivity contribution in [2.75, 3.05) is 18.0 Å². The van der Waals surface area contributed by atoms with Crippen molar-refractivity contribution in [2.24, 2.45) is 11.8 Å². The molecule has 18 heavy (non-hydrogen) atoms. The van der Waals surface area contributed by atoms with Gasteiger partial charge in [-0.1, -0.05) is 27.7 Å². The average Bonchev–Trinajstić information content (AvgIpc) is 2.26. The molecule has 0 atom stereocenters. The molecule has 3 nitrogen and oxygen atoms in total. The van der Waals surface area contributed by atoms with Crippen LogP contribution in [0.3, 0.4) is 0 Å². The highest BCUT2D eigenvalue weighted by atomic mass is 16.3. The second-order valence-corrected chi connectivity index (χ2v) is 5.83. The summed E-state index contributed by atoms with van der Waals surface area (Å²) in [4.78, 5) is 6.92. The molecule has 102 valence electrons. The number of aryl methyl sites for hydroxylation is 1. The standard InChI is InChI=1S/C15H26N2O/c1-11(2)8-17(9-12(3)4)15-7-14(10-18)6-13(5)16-15/h6-7,11-12,18H,8-10H2,1-5H3. The molecular weight excluding hydrogens is 224 g/mol. The fourth-order valence-electron chi connectivity index (χ4n) is 2.12. The zero-order valence-corrected chi connectivity index (χ0v) is 12.3. The van der Waals surface area contributed by atoms with E-state index in [2.05, 4.69) is 37.6 Å². The predicted octanol–water partition coefficient (Wildman–Crippen LogP) is 3.00. The highest BCUT2D eigenvalue weighted by Crippen LogP contribution is 2.18. The molecule has 0 aliphatic rings. The van der Waals surface area contributed by atoms with Crippen LogP contribution < -0.4 is 4.90 Å². The Balaban J connectivity index is 2.99. The first-order chi connectivity index (χ1) is 8.42. The van der Waals surface area contributed by atoms with E-state index >= 15 is 0 Å². The highest BCUT2D eigenvalue weighted by molar-refractivity contribution is 5.42. The van der Waals surface area contributed by atoms with E-state index in [9.17, 15) is 5.11 Å². The van der Waals surface area contributed by atoms with E-state index in [1.807, 2.05) is 19.1 Å². The monoisotopic (exact) mass is 250 g/mol. The summed E-state index contributed by atoms with van der Waals surface area (Å²) < 4.78 is 0. The molecule has 1 aromatic heterocycles. The van der Waals surface area contributed by atoms with Gasteiger partial charge in [0.1, 0.15) is 5.82 Å². The van der Waals surface area contributed by atoms with Crippen LogP contribution >= 0.6 is 0 Å². The van der Waals surface area contributed by atoms with Crippen LogP contribution in [-0.4, -0.2) is 23.2 Å². The zero-order chi connectivity index (χ0) is 13.7. The molecule has 0 bridgehead atoms. The van der Waals surface area contributed by atoms with E-state index in [1.165, 1.54) is 0 Å². The van der Waals surface area contributed by atoms with Gasteiger partial charge in [0.2, 0.25) is 0 Å². The van der Waals surface area contributed by atoms with Gasteiger partial charge in [-0.3, -0.25) is 0 Å². The van der Waals surface area contributed by atoms with E-state index in [1.54, 1.807) is 0 Å². The van der Waals surface area contributed by atoms with Gasteiger partial charge in [0.15, 0.2) is 0 Å². The van der Waals surface area contributed by atoms with Crippen LogP contribution in [0.2, 0.25) is 0 Å². The molecule has 0 spiro atoms. The van der Waals surface area contributed by atoms with Crippen LogP contribution in [0.25, 0.3) is 0 Å². The SMILES string of the molecule is Cc1cc(CO)cc(N(CC(C)C)CC(C)C)n1. The van der Waals surface area contributed by atoms with Gasteiger partial charge in [-0.2, -0.15) is 0 Å².